The van der Waals surface area contributed by atoms with E-state index in [9.17, 15) is 19.5 Å². The molecule has 12 nitrogen and oxygen atoms in total. The van der Waals surface area contributed by atoms with E-state index in [0.717, 1.165) is 37.9 Å². The molecule has 4 heterocycles. The van der Waals surface area contributed by atoms with Crippen LogP contribution in [0, 0.1) is 5.92 Å². The predicted molar refractivity (Wildman–Crippen MR) is 169 cm³/mol. The number of nitrogens with zero attached hydrogens (tertiary/aromatic N) is 6. The van der Waals surface area contributed by atoms with Crippen LogP contribution in [-0.2, 0) is 18.4 Å². The summed E-state index contributed by atoms with van der Waals surface area (Å²) in [5.41, 5.74) is 6.25. The number of primary amides is 1. The van der Waals surface area contributed by atoms with Gasteiger partial charge in [-0.05, 0) is 43.4 Å². The number of hydrogen-bond acceptors (Lipinski definition) is 8. The summed E-state index contributed by atoms with van der Waals surface area (Å²) >= 11 is 12.6. The first kappa shape index (κ1) is 29.9. The fourth-order valence-corrected chi connectivity index (χ4v) is 6.15. The first-order chi connectivity index (χ1) is 21.0. The summed E-state index contributed by atoms with van der Waals surface area (Å²) in [7, 11) is 1.55. The number of nitrogens with one attached hydrogen (secondary N) is 1. The Morgan fingerprint density at radius 3 is 2.61 bits per heavy atom. The quantitative estimate of drug-likeness (QED) is 0.265. The molecule has 4 N–H and O–H groups in total. The molecule has 1 aliphatic heterocycles. The number of nitrogens with two attached hydrogens (primary N) is 1. The van der Waals surface area contributed by atoms with E-state index in [1.165, 1.54) is 46.6 Å². The third-order valence-electron chi connectivity index (χ3n) is 8.23. The van der Waals surface area contributed by atoms with Crippen molar-refractivity contribution in [2.75, 3.05) is 36.4 Å². The summed E-state index contributed by atoms with van der Waals surface area (Å²) in [6.07, 6.45) is 7.12. The Labute approximate surface area is 263 Å². The summed E-state index contributed by atoms with van der Waals surface area (Å²) in [6, 6.07) is 4.80. The van der Waals surface area contributed by atoms with Crippen LogP contribution in [-0.4, -0.2) is 73.1 Å². The maximum atomic E-state index is 13.4. The zero-order valence-electron chi connectivity index (χ0n) is 24.3. The zero-order valence-corrected chi connectivity index (χ0v) is 25.8. The third-order valence-corrected chi connectivity index (χ3v) is 8.81. The minimum Gasteiger partial charge on any atom is -0.506 e. The topological polar surface area (TPSA) is 152 Å². The molecule has 14 heteroatoms. The second-order valence-electron chi connectivity index (χ2n) is 11.6. The molecule has 1 saturated carbocycles. The number of pyridine rings is 1. The largest absolute Gasteiger partial charge is 0.506 e. The molecule has 4 aromatic rings. The molecule has 0 bridgehead atoms. The lowest BCUT2D eigenvalue weighted by molar-refractivity contribution is -0.116. The number of anilines is 2. The van der Waals surface area contributed by atoms with Gasteiger partial charge >= 0.3 is 0 Å². The summed E-state index contributed by atoms with van der Waals surface area (Å²) in [5.74, 6) is -0.179. The number of benzene rings is 1. The fourth-order valence-electron chi connectivity index (χ4n) is 5.78. The minimum absolute atomic E-state index is 0.113. The van der Waals surface area contributed by atoms with Gasteiger partial charge in [-0.2, -0.15) is 0 Å². The number of aromatic hydroxyl groups is 1. The molecule has 2 fully saturated rings. The average molecular weight is 640 g/mol. The molecule has 1 atom stereocenters. The molecule has 230 valence electrons. The maximum absolute atomic E-state index is 13.4. The van der Waals surface area contributed by atoms with Gasteiger partial charge in [-0.15, -0.1) is 0 Å². The highest BCUT2D eigenvalue weighted by Gasteiger charge is 2.30. The average Bonchev–Trinajstić information content (AvgIpc) is 3.72. The lowest BCUT2D eigenvalue weighted by Gasteiger charge is -2.40. The number of amides is 2. The number of halogens is 2. The van der Waals surface area contributed by atoms with Crippen molar-refractivity contribution >= 4 is 57.6 Å². The lowest BCUT2D eigenvalue weighted by atomic mass is 10.0. The molecule has 44 heavy (non-hydrogen) atoms. The van der Waals surface area contributed by atoms with Gasteiger partial charge < -0.3 is 30.2 Å². The molecule has 1 aromatic carbocycles. The van der Waals surface area contributed by atoms with Crippen molar-refractivity contribution in [1.29, 1.82) is 0 Å². The molecule has 1 saturated heterocycles. The minimum atomic E-state index is -0.886. The van der Waals surface area contributed by atoms with E-state index in [1.54, 1.807) is 19.3 Å². The van der Waals surface area contributed by atoms with Gasteiger partial charge in [-0.25, -0.2) is 9.97 Å². The number of aromatic nitrogens is 4. The maximum Gasteiger partial charge on any atom is 0.263 e. The van der Waals surface area contributed by atoms with E-state index < -0.39 is 17.6 Å². The Kier molecular flexibility index (Phi) is 7.99. The third kappa shape index (κ3) is 5.84. The summed E-state index contributed by atoms with van der Waals surface area (Å²) in [5, 5.41) is 13.5. The second-order valence-corrected chi connectivity index (χ2v) is 12.4. The van der Waals surface area contributed by atoms with Gasteiger partial charge in [0.2, 0.25) is 5.91 Å². The number of aryl methyl sites for hydroxylation is 1. The van der Waals surface area contributed by atoms with Gasteiger partial charge in [0.05, 0.1) is 39.2 Å². The predicted octanol–water partition coefficient (Wildman–Crippen LogP) is 3.47. The van der Waals surface area contributed by atoms with Crippen molar-refractivity contribution in [3.8, 4) is 16.9 Å². The van der Waals surface area contributed by atoms with Gasteiger partial charge in [0.15, 0.2) is 0 Å². The van der Waals surface area contributed by atoms with Crippen molar-refractivity contribution in [2.24, 2.45) is 18.7 Å². The van der Waals surface area contributed by atoms with E-state index in [2.05, 4.69) is 32.0 Å². The van der Waals surface area contributed by atoms with Crippen LogP contribution in [0.1, 0.15) is 30.1 Å². The molecule has 0 spiro atoms. The number of carbonyl (C=O) groups excluding carboxylic acids is 2. The Bertz CT molecular complexity index is 1850. The lowest BCUT2D eigenvalue weighted by Crippen LogP contribution is -2.52. The first-order valence-electron chi connectivity index (χ1n) is 14.3. The Morgan fingerprint density at radius 2 is 1.91 bits per heavy atom. The Hall–Kier alpha value is -4.13. The van der Waals surface area contributed by atoms with Crippen molar-refractivity contribution in [3.05, 3.63) is 62.9 Å². The van der Waals surface area contributed by atoms with Crippen molar-refractivity contribution < 1.29 is 14.7 Å². The van der Waals surface area contributed by atoms with E-state index in [-0.39, 0.29) is 39.8 Å². The van der Waals surface area contributed by atoms with Gasteiger partial charge in [0, 0.05) is 57.1 Å². The van der Waals surface area contributed by atoms with Gasteiger partial charge in [0.1, 0.15) is 23.8 Å². The molecule has 1 aliphatic carbocycles. The standard InChI is InChI=1S/C30H32Cl2N8O4/c1-16-11-38(12-17-3-4-17)5-6-40(16)24-9-23(22(32)10-34-24)36-25(41)14-39-13-20(26-29(39)35-15-37(2)30(26)44)18-7-19(28(33)43)27(42)21(31)8-18/h7-10,13,15-17,42H,3-6,11-12,14H2,1-2H3,(H2,33,43)(H,34,36,41)/t16-/m0/s1. The molecule has 2 amide bonds. The van der Waals surface area contributed by atoms with E-state index >= 15 is 0 Å². The first-order valence-corrected chi connectivity index (χ1v) is 15.1. The van der Waals surface area contributed by atoms with Gasteiger partial charge in [-0.3, -0.25) is 19.3 Å². The molecule has 3 aromatic heterocycles. The van der Waals surface area contributed by atoms with Gasteiger partial charge in [-0.1, -0.05) is 23.2 Å². The molecule has 0 unspecified atom stereocenters. The van der Waals surface area contributed by atoms with Gasteiger partial charge in [0.25, 0.3) is 11.5 Å². The highest BCUT2D eigenvalue weighted by atomic mass is 35.5. The fraction of sp³-hybridized carbons (Fsp3) is 0.367. The number of carbonyl (C=O) groups is 2. The van der Waals surface area contributed by atoms with Crippen LogP contribution in [0.5, 0.6) is 5.75 Å². The highest BCUT2D eigenvalue weighted by Crippen LogP contribution is 2.36. The summed E-state index contributed by atoms with van der Waals surface area (Å²) < 4.78 is 2.83. The zero-order chi connectivity index (χ0) is 31.3. The molecule has 6 rings (SSSR count). The number of hydrogen-bond donors (Lipinski definition) is 3. The molecular weight excluding hydrogens is 607 g/mol. The van der Waals surface area contributed by atoms with Crippen LogP contribution in [0.2, 0.25) is 10.0 Å². The smallest absolute Gasteiger partial charge is 0.263 e. The number of rotatable bonds is 8. The van der Waals surface area contributed by atoms with Crippen LogP contribution >= 0.6 is 23.2 Å². The highest BCUT2D eigenvalue weighted by molar-refractivity contribution is 6.34. The van der Waals surface area contributed by atoms with Crippen LogP contribution in [0.25, 0.3) is 22.2 Å². The number of phenols is 1. The monoisotopic (exact) mass is 638 g/mol. The van der Waals surface area contributed by atoms with Crippen molar-refractivity contribution in [3.63, 3.8) is 0 Å². The van der Waals surface area contributed by atoms with E-state index in [1.807, 2.05) is 0 Å². The van der Waals surface area contributed by atoms with E-state index in [4.69, 9.17) is 28.9 Å². The van der Waals surface area contributed by atoms with Crippen LogP contribution in [0.15, 0.2) is 41.7 Å². The molecular formula is C30H32Cl2N8O4. The number of fused-ring (bicyclic) bond motifs is 1. The summed E-state index contributed by atoms with van der Waals surface area (Å²) in [6.45, 7) is 5.85. The summed E-state index contributed by atoms with van der Waals surface area (Å²) in [4.78, 5) is 52.2. The van der Waals surface area contributed by atoms with Crippen LogP contribution in [0.4, 0.5) is 11.5 Å². The Balaban J connectivity index is 1.27. The Morgan fingerprint density at radius 1 is 1.14 bits per heavy atom. The SMILES string of the molecule is C[C@H]1CN(CC2CC2)CCN1c1cc(NC(=O)Cn2cc(-c3cc(Cl)c(O)c(C(N)=O)c3)c3c(=O)n(C)cnc32)c(Cl)cn1. The molecule has 0 radical (unpaired) electrons. The van der Waals surface area contributed by atoms with Crippen molar-refractivity contribution in [1.82, 2.24) is 24.0 Å². The van der Waals surface area contributed by atoms with Crippen LogP contribution in [0.3, 0.4) is 0 Å². The number of piperazine rings is 1. The molecule has 2 aliphatic rings. The van der Waals surface area contributed by atoms with E-state index in [0.29, 0.717) is 21.8 Å². The normalized spacial score (nSPS) is 17.3. The van der Waals surface area contributed by atoms with Crippen molar-refractivity contribution in [2.45, 2.75) is 32.4 Å². The van der Waals surface area contributed by atoms with Crippen LogP contribution < -0.4 is 21.5 Å². The second kappa shape index (κ2) is 11.8.